The fourth-order valence-corrected chi connectivity index (χ4v) is 3.23. The Morgan fingerprint density at radius 1 is 1.35 bits per heavy atom. The van der Waals surface area contributed by atoms with Crippen LogP contribution in [0.25, 0.3) is 11.0 Å². The van der Waals surface area contributed by atoms with Gasteiger partial charge in [0.05, 0.1) is 24.8 Å². The first-order valence-corrected chi connectivity index (χ1v) is 8.51. The average Bonchev–Trinajstić information content (AvgIpc) is 3.13. The Balaban J connectivity index is 0.000000552. The highest BCUT2D eigenvalue weighted by Gasteiger charge is 2.28. The molecule has 7 nitrogen and oxygen atoms in total. The number of amides is 1. The minimum Gasteiger partial charge on any atom is -0.481 e. The molecule has 142 valence electrons. The quantitative estimate of drug-likeness (QED) is 0.767. The number of hydrogen-bond donors (Lipinski definition) is 3. The third-order valence-corrected chi connectivity index (χ3v) is 4.25. The van der Waals surface area contributed by atoms with E-state index in [9.17, 15) is 4.79 Å². The van der Waals surface area contributed by atoms with E-state index in [2.05, 4.69) is 16.7 Å². The van der Waals surface area contributed by atoms with Gasteiger partial charge in [-0.2, -0.15) is 0 Å². The van der Waals surface area contributed by atoms with Gasteiger partial charge in [-0.25, -0.2) is 0 Å². The van der Waals surface area contributed by atoms with Gasteiger partial charge in [-0.1, -0.05) is 6.07 Å². The second kappa shape index (κ2) is 8.82. The lowest BCUT2D eigenvalue weighted by molar-refractivity contribution is -0.134. The van der Waals surface area contributed by atoms with Gasteiger partial charge in [0.2, 0.25) is 5.91 Å². The summed E-state index contributed by atoms with van der Waals surface area (Å²) in [5.41, 5.74) is 4.08. The molecular weight excluding hydrogens is 336 g/mol. The van der Waals surface area contributed by atoms with E-state index < -0.39 is 5.97 Å². The second-order valence-corrected chi connectivity index (χ2v) is 6.52. The third-order valence-electron chi connectivity index (χ3n) is 4.25. The van der Waals surface area contributed by atoms with Crippen molar-refractivity contribution in [1.82, 2.24) is 10.6 Å². The van der Waals surface area contributed by atoms with Gasteiger partial charge in [-0.15, -0.1) is 0 Å². The zero-order valence-electron chi connectivity index (χ0n) is 15.6. The molecule has 0 spiro atoms. The van der Waals surface area contributed by atoms with E-state index in [0.29, 0.717) is 6.42 Å². The first-order chi connectivity index (χ1) is 12.3. The SMILES string of the molecule is CC(=O)O.CO[C@H]1CNC[C@@H]1NC(=O)Cc1coc2cc(C)cc(C)c12. The van der Waals surface area contributed by atoms with Crippen molar-refractivity contribution in [2.75, 3.05) is 20.2 Å². The summed E-state index contributed by atoms with van der Waals surface area (Å²) in [6.07, 6.45) is 2.05. The van der Waals surface area contributed by atoms with E-state index in [-0.39, 0.29) is 18.1 Å². The van der Waals surface area contributed by atoms with Gasteiger partial charge in [-0.05, 0) is 31.0 Å². The number of furan rings is 1. The maximum Gasteiger partial charge on any atom is 0.300 e. The Labute approximate surface area is 152 Å². The van der Waals surface area contributed by atoms with Crippen molar-refractivity contribution >= 4 is 22.8 Å². The molecule has 7 heteroatoms. The van der Waals surface area contributed by atoms with Crippen LogP contribution in [0, 0.1) is 13.8 Å². The van der Waals surface area contributed by atoms with Gasteiger partial charge in [0, 0.05) is 38.1 Å². The predicted molar refractivity (Wildman–Crippen MR) is 98.3 cm³/mol. The maximum absolute atomic E-state index is 12.3. The van der Waals surface area contributed by atoms with Crippen molar-refractivity contribution in [2.24, 2.45) is 0 Å². The summed E-state index contributed by atoms with van der Waals surface area (Å²) in [5.74, 6) is -0.835. The van der Waals surface area contributed by atoms with Crippen LogP contribution in [0.4, 0.5) is 0 Å². The Kier molecular flexibility index (Phi) is 6.76. The van der Waals surface area contributed by atoms with Crippen molar-refractivity contribution in [2.45, 2.75) is 39.3 Å². The number of rotatable bonds is 4. The standard InChI is InChI=1S/C17H22N2O3.C2H4O2/c1-10-4-11(2)17-12(9-22-14(17)5-10)6-16(20)19-13-7-18-8-15(13)21-3;1-2(3)4/h4-5,9,13,15,18H,6-8H2,1-3H3,(H,19,20);1H3,(H,3,4)/t13-,15-;/m0./s1. The number of fused-ring (bicyclic) bond motifs is 1. The molecule has 0 bridgehead atoms. The molecule has 3 rings (SSSR count). The topological polar surface area (TPSA) is 101 Å². The van der Waals surface area contributed by atoms with Crippen LogP contribution in [0.15, 0.2) is 22.8 Å². The normalized spacial score (nSPS) is 19.1. The van der Waals surface area contributed by atoms with Crippen LogP contribution >= 0.6 is 0 Å². The summed E-state index contributed by atoms with van der Waals surface area (Å²) in [4.78, 5) is 21.3. The summed E-state index contributed by atoms with van der Waals surface area (Å²) < 4.78 is 11.0. The predicted octanol–water partition coefficient (Wildman–Crippen LogP) is 1.79. The molecule has 2 heterocycles. The summed E-state index contributed by atoms with van der Waals surface area (Å²) in [6, 6.07) is 4.14. The van der Waals surface area contributed by atoms with E-state index >= 15 is 0 Å². The van der Waals surface area contributed by atoms with Gasteiger partial charge in [0.15, 0.2) is 0 Å². The van der Waals surface area contributed by atoms with E-state index in [1.807, 2.05) is 19.9 Å². The Morgan fingerprint density at radius 2 is 2.04 bits per heavy atom. The Bertz CT molecular complexity index is 780. The van der Waals surface area contributed by atoms with Crippen molar-refractivity contribution in [3.8, 4) is 0 Å². The number of benzene rings is 1. The summed E-state index contributed by atoms with van der Waals surface area (Å²) in [5, 5.41) is 14.7. The monoisotopic (exact) mass is 362 g/mol. The van der Waals surface area contributed by atoms with Crippen molar-refractivity contribution < 1.29 is 23.8 Å². The molecular formula is C19H26N2O5. The number of hydrogen-bond acceptors (Lipinski definition) is 5. The summed E-state index contributed by atoms with van der Waals surface area (Å²) in [7, 11) is 1.67. The molecule has 0 unspecified atom stereocenters. The number of aliphatic carboxylic acids is 1. The van der Waals surface area contributed by atoms with Crippen LogP contribution in [0.3, 0.4) is 0 Å². The van der Waals surface area contributed by atoms with Gasteiger partial charge in [0.25, 0.3) is 5.97 Å². The molecule has 2 aromatic rings. The number of carboxylic acids is 1. The Hall–Kier alpha value is -2.38. The number of carbonyl (C=O) groups is 2. The van der Waals surface area contributed by atoms with Gasteiger partial charge in [0.1, 0.15) is 5.58 Å². The fraction of sp³-hybridized carbons (Fsp3) is 0.474. The van der Waals surface area contributed by atoms with Crippen molar-refractivity contribution in [1.29, 1.82) is 0 Å². The molecule has 1 aromatic carbocycles. The molecule has 1 aromatic heterocycles. The highest BCUT2D eigenvalue weighted by Crippen LogP contribution is 2.26. The zero-order chi connectivity index (χ0) is 19.3. The van der Waals surface area contributed by atoms with Gasteiger partial charge >= 0.3 is 0 Å². The van der Waals surface area contributed by atoms with E-state index in [0.717, 1.165) is 47.7 Å². The molecule has 1 fully saturated rings. The summed E-state index contributed by atoms with van der Waals surface area (Å²) in [6.45, 7) is 6.69. The minimum absolute atomic E-state index is 0.00146. The van der Waals surface area contributed by atoms with E-state index in [4.69, 9.17) is 19.1 Å². The second-order valence-electron chi connectivity index (χ2n) is 6.52. The maximum atomic E-state index is 12.3. The molecule has 3 N–H and O–H groups in total. The van der Waals surface area contributed by atoms with Crippen LogP contribution < -0.4 is 10.6 Å². The molecule has 1 aliphatic rings. The molecule has 1 saturated heterocycles. The molecule has 0 radical (unpaired) electrons. The van der Waals surface area contributed by atoms with Crippen LogP contribution in [-0.2, 0) is 20.7 Å². The van der Waals surface area contributed by atoms with Crippen molar-refractivity contribution in [3.05, 3.63) is 35.1 Å². The van der Waals surface area contributed by atoms with Crippen LogP contribution in [0.1, 0.15) is 23.6 Å². The number of nitrogens with one attached hydrogen (secondary N) is 2. The lowest BCUT2D eigenvalue weighted by Crippen LogP contribution is -2.44. The smallest absolute Gasteiger partial charge is 0.300 e. The lowest BCUT2D eigenvalue weighted by Gasteiger charge is -2.18. The fourth-order valence-electron chi connectivity index (χ4n) is 3.23. The molecule has 0 saturated carbocycles. The summed E-state index contributed by atoms with van der Waals surface area (Å²) >= 11 is 0. The van der Waals surface area contributed by atoms with Crippen LogP contribution in [0.2, 0.25) is 0 Å². The Morgan fingerprint density at radius 3 is 2.69 bits per heavy atom. The lowest BCUT2D eigenvalue weighted by atomic mass is 10.0. The number of ether oxygens (including phenoxy) is 1. The molecule has 1 amide bonds. The molecule has 1 aliphatic heterocycles. The number of aryl methyl sites for hydroxylation is 2. The van der Waals surface area contributed by atoms with Gasteiger partial charge in [-0.3, -0.25) is 9.59 Å². The largest absolute Gasteiger partial charge is 0.481 e. The van der Waals surface area contributed by atoms with E-state index in [1.54, 1.807) is 13.4 Å². The van der Waals surface area contributed by atoms with Gasteiger partial charge < -0.3 is 24.9 Å². The number of methoxy groups -OCH3 is 1. The van der Waals surface area contributed by atoms with Crippen LogP contribution in [-0.4, -0.2) is 49.3 Å². The highest BCUT2D eigenvalue weighted by molar-refractivity contribution is 5.90. The molecule has 0 aliphatic carbocycles. The van der Waals surface area contributed by atoms with E-state index in [1.165, 1.54) is 0 Å². The molecule has 26 heavy (non-hydrogen) atoms. The number of carbonyl (C=O) groups excluding carboxylic acids is 1. The van der Waals surface area contributed by atoms with Crippen molar-refractivity contribution in [3.63, 3.8) is 0 Å². The molecule has 2 atom stereocenters. The number of carboxylic acid groups (broad SMARTS) is 1. The van der Waals surface area contributed by atoms with Crippen LogP contribution in [0.5, 0.6) is 0 Å². The minimum atomic E-state index is -0.833. The highest BCUT2D eigenvalue weighted by atomic mass is 16.5. The third kappa shape index (κ3) is 5.06. The average molecular weight is 362 g/mol. The zero-order valence-corrected chi connectivity index (χ0v) is 15.6. The first-order valence-electron chi connectivity index (χ1n) is 8.51. The first kappa shape index (κ1) is 19.9.